The van der Waals surface area contributed by atoms with E-state index in [1.807, 2.05) is 43.3 Å². The monoisotopic (exact) mass is 305 g/mol. The molecule has 0 aliphatic heterocycles. The predicted octanol–water partition coefficient (Wildman–Crippen LogP) is 2.54. The molecule has 0 atom stereocenters. The average molecular weight is 305 g/mol. The van der Waals surface area contributed by atoms with Crippen LogP contribution in [0.2, 0.25) is 0 Å². The number of nitrogens with one attached hydrogen (secondary N) is 2. The first-order valence-electron chi connectivity index (χ1n) is 7.09. The Morgan fingerprint density at radius 2 is 2.04 bits per heavy atom. The van der Waals surface area contributed by atoms with E-state index in [4.69, 9.17) is 0 Å². The number of pyridine rings is 1. The molecule has 0 bridgehead atoms. The van der Waals surface area contributed by atoms with Gasteiger partial charge in [0.25, 0.3) is 5.91 Å². The smallest absolute Gasteiger partial charge is 0.272 e. The molecular weight excluding hydrogens is 290 g/mol. The summed E-state index contributed by atoms with van der Waals surface area (Å²) in [5.41, 5.74) is 6.28. The highest BCUT2D eigenvalue weighted by molar-refractivity contribution is 5.93. The van der Waals surface area contributed by atoms with Crippen LogP contribution in [-0.4, -0.2) is 27.3 Å². The van der Waals surface area contributed by atoms with E-state index in [1.54, 1.807) is 18.3 Å². The van der Waals surface area contributed by atoms with Crippen LogP contribution in [0.15, 0.2) is 59.8 Å². The number of rotatable bonds is 4. The normalized spacial score (nSPS) is 10.8. The minimum Gasteiger partial charge on any atom is -0.272 e. The number of H-pyrrole nitrogens is 1. The summed E-state index contributed by atoms with van der Waals surface area (Å²) in [6.45, 7) is 2.02. The van der Waals surface area contributed by atoms with Crippen LogP contribution < -0.4 is 5.43 Å². The van der Waals surface area contributed by atoms with Gasteiger partial charge in [-0.2, -0.15) is 10.2 Å². The Kier molecular flexibility index (Phi) is 4.24. The molecule has 1 aromatic carbocycles. The minimum atomic E-state index is -0.358. The maximum Gasteiger partial charge on any atom is 0.289 e. The first-order valence-corrected chi connectivity index (χ1v) is 7.09. The Morgan fingerprint density at radius 3 is 2.78 bits per heavy atom. The fourth-order valence-electron chi connectivity index (χ4n) is 1.98. The highest BCUT2D eigenvalue weighted by Crippen LogP contribution is 2.18. The number of amides is 1. The fourth-order valence-corrected chi connectivity index (χ4v) is 1.98. The highest BCUT2D eigenvalue weighted by atomic mass is 16.2. The number of hydrogen-bond donors (Lipinski definition) is 2. The number of carbonyl (C=O) groups is 1. The molecule has 0 saturated heterocycles. The number of aryl methyl sites for hydroxylation is 1. The number of hydrazone groups is 1. The molecule has 23 heavy (non-hydrogen) atoms. The molecule has 0 fully saturated rings. The van der Waals surface area contributed by atoms with E-state index in [9.17, 15) is 4.79 Å². The van der Waals surface area contributed by atoms with Crippen molar-refractivity contribution in [2.75, 3.05) is 0 Å². The van der Waals surface area contributed by atoms with Crippen LogP contribution in [0.4, 0.5) is 0 Å². The second kappa shape index (κ2) is 6.65. The molecule has 0 aliphatic rings. The van der Waals surface area contributed by atoms with E-state index < -0.39 is 0 Å². The van der Waals surface area contributed by atoms with Crippen LogP contribution in [0.1, 0.15) is 21.7 Å². The van der Waals surface area contributed by atoms with Crippen LogP contribution in [0.25, 0.3) is 11.3 Å². The highest BCUT2D eigenvalue weighted by Gasteiger charge is 2.10. The lowest BCUT2D eigenvalue weighted by atomic mass is 10.1. The summed E-state index contributed by atoms with van der Waals surface area (Å²) in [5, 5.41) is 10.7. The Bertz CT molecular complexity index is 822. The number of aromatic amines is 1. The van der Waals surface area contributed by atoms with Gasteiger partial charge in [-0.15, -0.1) is 0 Å². The predicted molar refractivity (Wildman–Crippen MR) is 88.1 cm³/mol. The van der Waals surface area contributed by atoms with Crippen LogP contribution in [0.3, 0.4) is 0 Å². The summed E-state index contributed by atoms with van der Waals surface area (Å²) in [6, 6.07) is 15.1. The van der Waals surface area contributed by atoms with Gasteiger partial charge in [-0.25, -0.2) is 5.43 Å². The van der Waals surface area contributed by atoms with Gasteiger partial charge in [0.1, 0.15) is 5.69 Å². The number of carbonyl (C=O) groups excluding carboxylic acids is 1. The molecule has 2 aromatic heterocycles. The summed E-state index contributed by atoms with van der Waals surface area (Å²) >= 11 is 0. The lowest BCUT2D eigenvalue weighted by Crippen LogP contribution is -2.18. The molecule has 0 aliphatic carbocycles. The van der Waals surface area contributed by atoms with E-state index in [-0.39, 0.29) is 5.91 Å². The molecule has 1 amide bonds. The van der Waals surface area contributed by atoms with Gasteiger partial charge in [-0.05, 0) is 25.1 Å². The van der Waals surface area contributed by atoms with Crippen molar-refractivity contribution in [1.29, 1.82) is 0 Å². The van der Waals surface area contributed by atoms with Crippen LogP contribution in [0, 0.1) is 6.92 Å². The third kappa shape index (κ3) is 3.68. The quantitative estimate of drug-likeness (QED) is 0.574. The first-order chi connectivity index (χ1) is 11.2. The van der Waals surface area contributed by atoms with Crippen molar-refractivity contribution in [3.05, 3.63) is 71.7 Å². The Labute approximate surface area is 133 Å². The van der Waals surface area contributed by atoms with Crippen molar-refractivity contribution in [1.82, 2.24) is 20.6 Å². The average Bonchev–Trinajstić information content (AvgIpc) is 3.06. The molecule has 2 heterocycles. The van der Waals surface area contributed by atoms with Crippen molar-refractivity contribution < 1.29 is 4.79 Å². The summed E-state index contributed by atoms with van der Waals surface area (Å²) in [5.74, 6) is -0.358. The maximum absolute atomic E-state index is 12.0. The Morgan fingerprint density at radius 1 is 1.22 bits per heavy atom. The van der Waals surface area contributed by atoms with Crippen molar-refractivity contribution in [2.45, 2.75) is 6.92 Å². The van der Waals surface area contributed by atoms with Crippen LogP contribution in [-0.2, 0) is 0 Å². The van der Waals surface area contributed by atoms with Gasteiger partial charge in [0.15, 0.2) is 0 Å². The van der Waals surface area contributed by atoms with Gasteiger partial charge in [0.2, 0.25) is 0 Å². The maximum atomic E-state index is 12.0. The Balaban J connectivity index is 1.67. The third-order valence-corrected chi connectivity index (χ3v) is 3.22. The van der Waals surface area contributed by atoms with Gasteiger partial charge >= 0.3 is 0 Å². The molecule has 6 nitrogen and oxygen atoms in total. The number of nitrogens with zero attached hydrogens (tertiary/aromatic N) is 3. The van der Waals surface area contributed by atoms with Crippen molar-refractivity contribution in [3.8, 4) is 11.3 Å². The second-order valence-corrected chi connectivity index (χ2v) is 4.99. The standard InChI is InChI=1S/C17H15N5O/c1-12-5-7-13(8-6-12)15-10-16(21-20-15)17(23)22-19-11-14-4-2-3-9-18-14/h2-11H,1H3,(H,20,21)(H,22,23)/b19-11-. The topological polar surface area (TPSA) is 83.0 Å². The van der Waals surface area contributed by atoms with E-state index in [2.05, 4.69) is 25.7 Å². The number of benzene rings is 1. The first kappa shape index (κ1) is 14.6. The molecule has 0 unspecified atom stereocenters. The zero-order chi connectivity index (χ0) is 16.1. The summed E-state index contributed by atoms with van der Waals surface area (Å²) in [4.78, 5) is 16.1. The number of aromatic nitrogens is 3. The SMILES string of the molecule is Cc1ccc(-c2cc(C(=O)N/N=C\c3ccccn3)[nH]n2)cc1. The van der Waals surface area contributed by atoms with Crippen LogP contribution in [0.5, 0.6) is 0 Å². The zero-order valence-corrected chi connectivity index (χ0v) is 12.5. The zero-order valence-electron chi connectivity index (χ0n) is 12.5. The second-order valence-electron chi connectivity index (χ2n) is 4.99. The lowest BCUT2D eigenvalue weighted by molar-refractivity contribution is 0.0950. The number of hydrogen-bond acceptors (Lipinski definition) is 4. The fraction of sp³-hybridized carbons (Fsp3) is 0.0588. The third-order valence-electron chi connectivity index (χ3n) is 3.22. The van der Waals surface area contributed by atoms with Gasteiger partial charge in [0.05, 0.1) is 17.6 Å². The van der Waals surface area contributed by atoms with Gasteiger partial charge in [0, 0.05) is 11.8 Å². The van der Waals surface area contributed by atoms with Gasteiger partial charge in [-0.3, -0.25) is 14.9 Å². The molecule has 2 N–H and O–H groups in total. The molecule has 3 rings (SSSR count). The van der Waals surface area contributed by atoms with E-state index >= 15 is 0 Å². The van der Waals surface area contributed by atoms with Crippen LogP contribution >= 0.6 is 0 Å². The minimum absolute atomic E-state index is 0.346. The molecule has 0 radical (unpaired) electrons. The Hall–Kier alpha value is -3.28. The molecular formula is C17H15N5O. The molecule has 6 heteroatoms. The van der Waals surface area contributed by atoms with Gasteiger partial charge < -0.3 is 0 Å². The van der Waals surface area contributed by atoms with E-state index in [1.165, 1.54) is 11.8 Å². The summed E-state index contributed by atoms with van der Waals surface area (Å²) in [6.07, 6.45) is 3.14. The summed E-state index contributed by atoms with van der Waals surface area (Å²) in [7, 11) is 0. The van der Waals surface area contributed by atoms with Crippen molar-refractivity contribution in [2.24, 2.45) is 5.10 Å². The van der Waals surface area contributed by atoms with E-state index in [0.29, 0.717) is 17.1 Å². The van der Waals surface area contributed by atoms with Crippen molar-refractivity contribution in [3.63, 3.8) is 0 Å². The van der Waals surface area contributed by atoms with Gasteiger partial charge in [-0.1, -0.05) is 35.9 Å². The molecule has 0 saturated carbocycles. The van der Waals surface area contributed by atoms with E-state index in [0.717, 1.165) is 5.56 Å². The van der Waals surface area contributed by atoms with Crippen molar-refractivity contribution >= 4 is 12.1 Å². The lowest BCUT2D eigenvalue weighted by Gasteiger charge is -1.96. The summed E-state index contributed by atoms with van der Waals surface area (Å²) < 4.78 is 0. The molecule has 114 valence electrons. The molecule has 3 aromatic rings. The largest absolute Gasteiger partial charge is 0.289 e. The molecule has 0 spiro atoms.